The van der Waals surface area contributed by atoms with E-state index in [0.717, 1.165) is 11.3 Å². The van der Waals surface area contributed by atoms with Crippen LogP contribution < -0.4 is 14.2 Å². The van der Waals surface area contributed by atoms with Crippen LogP contribution in [-0.4, -0.2) is 40.0 Å². The topological polar surface area (TPSA) is 84.9 Å². The zero-order valence-corrected chi connectivity index (χ0v) is 19.3. The lowest BCUT2D eigenvalue weighted by atomic mass is 10.1. The van der Waals surface area contributed by atoms with Gasteiger partial charge in [-0.05, 0) is 66.2 Å². The summed E-state index contributed by atoms with van der Waals surface area (Å²) in [7, 11) is -0.557. The Hall–Kier alpha value is -3.78. The monoisotopic (exact) mass is 466 g/mol. The van der Waals surface area contributed by atoms with Gasteiger partial charge in [0.2, 0.25) is 0 Å². The second-order valence-corrected chi connectivity index (χ2v) is 8.95. The van der Waals surface area contributed by atoms with Gasteiger partial charge in [-0.3, -0.25) is 9.52 Å². The molecule has 0 atom stereocenters. The third-order valence-electron chi connectivity index (χ3n) is 4.81. The van der Waals surface area contributed by atoms with Crippen molar-refractivity contribution in [2.45, 2.75) is 11.4 Å². The third-order valence-corrected chi connectivity index (χ3v) is 6.21. The number of sulfonamides is 1. The van der Waals surface area contributed by atoms with Crippen molar-refractivity contribution in [1.29, 1.82) is 0 Å². The van der Waals surface area contributed by atoms with Crippen LogP contribution >= 0.6 is 0 Å². The van der Waals surface area contributed by atoms with Crippen molar-refractivity contribution in [2.24, 2.45) is 0 Å². The summed E-state index contributed by atoms with van der Waals surface area (Å²) in [5.74, 6) is 1.14. The number of methoxy groups -OCH3 is 1. The number of carbonyl (C=O) groups is 1. The molecule has 0 aliphatic heterocycles. The first kappa shape index (κ1) is 23.9. The Morgan fingerprint density at radius 2 is 1.58 bits per heavy atom. The van der Waals surface area contributed by atoms with Crippen LogP contribution in [0, 0.1) is 0 Å². The van der Waals surface area contributed by atoms with Gasteiger partial charge in [0.15, 0.2) is 0 Å². The van der Waals surface area contributed by atoms with E-state index in [9.17, 15) is 13.2 Å². The minimum Gasteiger partial charge on any atom is -0.497 e. The fourth-order valence-corrected chi connectivity index (χ4v) is 4.12. The second-order valence-electron chi connectivity index (χ2n) is 7.26. The maximum absolute atomic E-state index is 12.8. The number of benzene rings is 3. The SMILES string of the molecule is C=CCOc1ccc(CN(C)C(=O)c2ccc(S(=O)(=O)Nc3ccc(OC)cc3)cc2)cc1. The smallest absolute Gasteiger partial charge is 0.261 e. The van der Waals surface area contributed by atoms with Gasteiger partial charge in [0, 0.05) is 24.8 Å². The molecule has 0 aromatic heterocycles. The number of anilines is 1. The highest BCUT2D eigenvalue weighted by Gasteiger charge is 2.17. The van der Waals surface area contributed by atoms with Crippen LogP contribution in [0.2, 0.25) is 0 Å². The molecule has 0 saturated heterocycles. The molecule has 0 unspecified atom stereocenters. The predicted molar refractivity (Wildman–Crippen MR) is 128 cm³/mol. The fraction of sp³-hybridized carbons (Fsp3) is 0.160. The molecule has 0 radical (unpaired) electrons. The third kappa shape index (κ3) is 6.36. The number of nitrogens with one attached hydrogen (secondary N) is 1. The van der Waals surface area contributed by atoms with Gasteiger partial charge in [-0.2, -0.15) is 0 Å². The Labute approximate surface area is 194 Å². The van der Waals surface area contributed by atoms with Crippen molar-refractivity contribution in [3.63, 3.8) is 0 Å². The highest BCUT2D eigenvalue weighted by atomic mass is 32.2. The normalized spacial score (nSPS) is 10.8. The summed E-state index contributed by atoms with van der Waals surface area (Å²) in [6, 6.07) is 19.9. The van der Waals surface area contributed by atoms with Crippen LogP contribution in [0.25, 0.3) is 0 Å². The lowest BCUT2D eigenvalue weighted by molar-refractivity contribution is 0.0785. The predicted octanol–water partition coefficient (Wildman–Crippen LogP) is 4.33. The van der Waals surface area contributed by atoms with Crippen LogP contribution in [0.5, 0.6) is 11.5 Å². The summed E-state index contributed by atoms with van der Waals surface area (Å²) in [6.07, 6.45) is 1.67. The number of ether oxygens (including phenoxy) is 2. The summed E-state index contributed by atoms with van der Waals surface area (Å²) in [4.78, 5) is 14.4. The first-order valence-corrected chi connectivity index (χ1v) is 11.7. The van der Waals surface area contributed by atoms with Gasteiger partial charge < -0.3 is 14.4 Å². The van der Waals surface area contributed by atoms with Gasteiger partial charge in [-0.15, -0.1) is 0 Å². The summed E-state index contributed by atoms with van der Waals surface area (Å²) >= 11 is 0. The maximum atomic E-state index is 12.8. The van der Waals surface area contributed by atoms with Crippen molar-refractivity contribution in [3.05, 3.63) is 96.6 Å². The van der Waals surface area contributed by atoms with E-state index in [4.69, 9.17) is 9.47 Å². The van der Waals surface area contributed by atoms with Gasteiger partial charge >= 0.3 is 0 Å². The van der Waals surface area contributed by atoms with E-state index in [1.54, 1.807) is 42.3 Å². The highest BCUT2D eigenvalue weighted by Crippen LogP contribution is 2.20. The van der Waals surface area contributed by atoms with Crippen molar-refractivity contribution in [1.82, 2.24) is 4.90 Å². The maximum Gasteiger partial charge on any atom is 0.261 e. The Kier molecular flexibility index (Phi) is 7.74. The largest absolute Gasteiger partial charge is 0.497 e. The Bertz CT molecular complexity index is 1190. The zero-order chi connectivity index (χ0) is 23.8. The van der Waals surface area contributed by atoms with Gasteiger partial charge in [-0.25, -0.2) is 8.42 Å². The van der Waals surface area contributed by atoms with Crippen LogP contribution in [0.4, 0.5) is 5.69 Å². The van der Waals surface area contributed by atoms with E-state index in [1.807, 2.05) is 24.3 Å². The molecule has 3 rings (SSSR count). The van der Waals surface area contributed by atoms with Gasteiger partial charge in [0.1, 0.15) is 18.1 Å². The van der Waals surface area contributed by atoms with Crippen molar-refractivity contribution in [3.8, 4) is 11.5 Å². The molecule has 0 aliphatic rings. The van der Waals surface area contributed by atoms with E-state index >= 15 is 0 Å². The molecule has 0 spiro atoms. The number of hydrogen-bond donors (Lipinski definition) is 1. The van der Waals surface area contributed by atoms with Crippen LogP contribution in [0.15, 0.2) is 90.3 Å². The quantitative estimate of drug-likeness (QED) is 0.450. The van der Waals surface area contributed by atoms with Crippen LogP contribution in [0.3, 0.4) is 0 Å². The first-order valence-electron chi connectivity index (χ1n) is 10.2. The molecule has 0 heterocycles. The molecule has 3 aromatic rings. The van der Waals surface area contributed by atoms with E-state index < -0.39 is 10.0 Å². The van der Waals surface area contributed by atoms with E-state index in [2.05, 4.69) is 11.3 Å². The molecule has 7 nitrogen and oxygen atoms in total. The van der Waals surface area contributed by atoms with E-state index in [0.29, 0.717) is 30.2 Å². The Morgan fingerprint density at radius 3 is 2.15 bits per heavy atom. The molecule has 0 fully saturated rings. The number of carbonyl (C=O) groups excluding carboxylic acids is 1. The zero-order valence-electron chi connectivity index (χ0n) is 18.5. The summed E-state index contributed by atoms with van der Waals surface area (Å²) < 4.78 is 38.4. The van der Waals surface area contributed by atoms with Crippen molar-refractivity contribution < 1.29 is 22.7 Å². The van der Waals surface area contributed by atoms with Crippen LogP contribution in [-0.2, 0) is 16.6 Å². The fourth-order valence-electron chi connectivity index (χ4n) is 3.06. The number of rotatable bonds is 10. The Balaban J connectivity index is 1.64. The lowest BCUT2D eigenvalue weighted by Gasteiger charge is -2.18. The highest BCUT2D eigenvalue weighted by molar-refractivity contribution is 7.92. The molecule has 1 N–H and O–H groups in total. The lowest BCUT2D eigenvalue weighted by Crippen LogP contribution is -2.26. The van der Waals surface area contributed by atoms with Gasteiger partial charge in [-0.1, -0.05) is 24.8 Å². The molecule has 0 aliphatic carbocycles. The number of hydrogen-bond acceptors (Lipinski definition) is 5. The van der Waals surface area contributed by atoms with Gasteiger partial charge in [0.05, 0.1) is 12.0 Å². The summed E-state index contributed by atoms with van der Waals surface area (Å²) in [5.41, 5.74) is 1.75. The standard InChI is InChI=1S/C25H26N2O5S/c1-4-17-32-23-11-5-19(6-12-23)18-27(2)25(28)20-7-15-24(16-8-20)33(29,30)26-21-9-13-22(31-3)14-10-21/h4-16,26H,1,17-18H2,2-3H3. The average molecular weight is 467 g/mol. The van der Waals surface area contributed by atoms with E-state index in [-0.39, 0.29) is 10.8 Å². The molecular weight excluding hydrogens is 440 g/mol. The first-order chi connectivity index (χ1) is 15.8. The molecular formula is C25H26N2O5S. The van der Waals surface area contributed by atoms with Gasteiger partial charge in [0.25, 0.3) is 15.9 Å². The van der Waals surface area contributed by atoms with Crippen LogP contribution in [0.1, 0.15) is 15.9 Å². The average Bonchev–Trinajstić information content (AvgIpc) is 2.83. The minimum absolute atomic E-state index is 0.0626. The second kappa shape index (κ2) is 10.7. The molecule has 3 aromatic carbocycles. The molecule has 0 saturated carbocycles. The molecule has 8 heteroatoms. The Morgan fingerprint density at radius 1 is 0.970 bits per heavy atom. The van der Waals surface area contributed by atoms with E-state index in [1.165, 1.54) is 31.4 Å². The van der Waals surface area contributed by atoms with Crippen molar-refractivity contribution >= 4 is 21.6 Å². The minimum atomic E-state index is -3.79. The molecule has 33 heavy (non-hydrogen) atoms. The number of amides is 1. The number of nitrogens with zero attached hydrogens (tertiary/aromatic N) is 1. The molecule has 0 bridgehead atoms. The van der Waals surface area contributed by atoms with Crippen molar-refractivity contribution in [2.75, 3.05) is 25.5 Å². The summed E-state index contributed by atoms with van der Waals surface area (Å²) in [6.45, 7) is 4.45. The summed E-state index contributed by atoms with van der Waals surface area (Å²) in [5, 5.41) is 0. The molecule has 1 amide bonds. The molecule has 172 valence electrons.